The zero-order valence-electron chi connectivity index (χ0n) is 16.5. The molecule has 1 saturated carbocycles. The number of ether oxygens (including phenoxy) is 1. The molecule has 1 aliphatic carbocycles. The van der Waals surface area contributed by atoms with Gasteiger partial charge in [-0.15, -0.1) is 0 Å². The van der Waals surface area contributed by atoms with Gasteiger partial charge < -0.3 is 15.0 Å². The molecule has 2 amide bonds. The first-order valence-electron chi connectivity index (χ1n) is 10.6. The highest BCUT2D eigenvalue weighted by atomic mass is 32.1. The predicted molar refractivity (Wildman–Crippen MR) is 110 cm³/mol. The molecule has 1 aromatic rings. The van der Waals surface area contributed by atoms with E-state index in [1.165, 1.54) is 0 Å². The number of hydrogen-bond donors (Lipinski definition) is 1. The lowest BCUT2D eigenvalue weighted by molar-refractivity contribution is -0.134. The molecule has 3 heterocycles. The van der Waals surface area contributed by atoms with Gasteiger partial charge in [0.1, 0.15) is 0 Å². The van der Waals surface area contributed by atoms with E-state index in [0.29, 0.717) is 30.5 Å². The first-order valence-corrected chi connectivity index (χ1v) is 11.6. The zero-order valence-corrected chi connectivity index (χ0v) is 17.3. The molecule has 0 bridgehead atoms. The maximum Gasteiger partial charge on any atom is 0.252 e. The molecule has 3 fully saturated rings. The van der Waals surface area contributed by atoms with Crippen molar-refractivity contribution in [3.63, 3.8) is 0 Å². The van der Waals surface area contributed by atoms with E-state index in [4.69, 9.17) is 4.74 Å². The monoisotopic (exact) mass is 405 g/mol. The fourth-order valence-corrected chi connectivity index (χ4v) is 5.12. The fourth-order valence-electron chi connectivity index (χ4n) is 4.48. The van der Waals surface area contributed by atoms with Crippen molar-refractivity contribution in [3.05, 3.63) is 22.4 Å². The number of amides is 2. The molecule has 1 aromatic heterocycles. The SMILES string of the molecule is O=C(NCCN(C1CCOCC1)C1CCN(C(=O)C2CC2)CC1)c1ccsc1. The summed E-state index contributed by atoms with van der Waals surface area (Å²) in [7, 11) is 0. The van der Waals surface area contributed by atoms with Crippen molar-refractivity contribution in [2.24, 2.45) is 5.92 Å². The molecule has 4 rings (SSSR count). The van der Waals surface area contributed by atoms with Crippen LogP contribution in [0.15, 0.2) is 16.8 Å². The van der Waals surface area contributed by atoms with E-state index in [1.807, 2.05) is 16.8 Å². The van der Waals surface area contributed by atoms with Crippen LogP contribution in [0.1, 0.15) is 48.9 Å². The lowest BCUT2D eigenvalue weighted by Crippen LogP contribution is -2.53. The number of thiophene rings is 1. The summed E-state index contributed by atoms with van der Waals surface area (Å²) in [6.45, 7) is 4.92. The Balaban J connectivity index is 1.31. The quantitative estimate of drug-likeness (QED) is 0.757. The fraction of sp³-hybridized carbons (Fsp3) is 0.714. The molecule has 28 heavy (non-hydrogen) atoms. The summed E-state index contributed by atoms with van der Waals surface area (Å²) in [6, 6.07) is 2.87. The molecular formula is C21H31N3O3S. The van der Waals surface area contributed by atoms with Crippen molar-refractivity contribution < 1.29 is 14.3 Å². The molecule has 0 unspecified atom stereocenters. The number of nitrogens with one attached hydrogen (secondary N) is 1. The summed E-state index contributed by atoms with van der Waals surface area (Å²) < 4.78 is 5.56. The van der Waals surface area contributed by atoms with Crippen molar-refractivity contribution in [1.82, 2.24) is 15.1 Å². The van der Waals surface area contributed by atoms with E-state index in [2.05, 4.69) is 15.1 Å². The Morgan fingerprint density at radius 2 is 1.82 bits per heavy atom. The van der Waals surface area contributed by atoms with E-state index < -0.39 is 0 Å². The molecule has 6 nitrogen and oxygen atoms in total. The summed E-state index contributed by atoms with van der Waals surface area (Å²) in [4.78, 5) is 29.3. The Morgan fingerprint density at radius 3 is 2.46 bits per heavy atom. The smallest absolute Gasteiger partial charge is 0.252 e. The van der Waals surface area contributed by atoms with Crippen LogP contribution in [-0.4, -0.2) is 73.1 Å². The Hall–Kier alpha value is -1.44. The Bertz CT molecular complexity index is 648. The largest absolute Gasteiger partial charge is 0.381 e. The van der Waals surface area contributed by atoms with E-state index in [9.17, 15) is 9.59 Å². The molecular weight excluding hydrogens is 374 g/mol. The standard InChI is InChI=1S/C21H31N3O3S/c25-20(17-7-14-28-15-17)22-8-11-24(19-5-12-27-13-6-19)18-3-9-23(10-4-18)21(26)16-1-2-16/h7,14-16,18-19H,1-6,8-13H2,(H,22,25). The van der Waals surface area contributed by atoms with Crippen LogP contribution in [0.25, 0.3) is 0 Å². The first-order chi connectivity index (χ1) is 13.7. The van der Waals surface area contributed by atoms with Crippen molar-refractivity contribution in [1.29, 1.82) is 0 Å². The second-order valence-electron chi connectivity index (χ2n) is 8.18. The van der Waals surface area contributed by atoms with Crippen molar-refractivity contribution in [2.75, 3.05) is 39.4 Å². The van der Waals surface area contributed by atoms with Gasteiger partial charge in [0, 0.05) is 68.3 Å². The topological polar surface area (TPSA) is 61.9 Å². The average Bonchev–Trinajstić information content (AvgIpc) is 3.45. The van der Waals surface area contributed by atoms with Gasteiger partial charge in [-0.1, -0.05) is 0 Å². The van der Waals surface area contributed by atoms with Crippen LogP contribution < -0.4 is 5.32 Å². The van der Waals surface area contributed by atoms with Gasteiger partial charge in [-0.25, -0.2) is 0 Å². The van der Waals surface area contributed by atoms with Gasteiger partial charge in [0.25, 0.3) is 5.91 Å². The second-order valence-corrected chi connectivity index (χ2v) is 8.96. The van der Waals surface area contributed by atoms with Crippen LogP contribution in [0, 0.1) is 5.92 Å². The Kier molecular flexibility index (Phi) is 6.65. The van der Waals surface area contributed by atoms with Crippen LogP contribution in [0.2, 0.25) is 0 Å². The predicted octanol–water partition coefficient (Wildman–Crippen LogP) is 2.36. The van der Waals surface area contributed by atoms with Crippen LogP contribution in [0.4, 0.5) is 0 Å². The summed E-state index contributed by atoms with van der Waals surface area (Å²) >= 11 is 1.54. The van der Waals surface area contributed by atoms with Crippen molar-refractivity contribution in [3.8, 4) is 0 Å². The lowest BCUT2D eigenvalue weighted by Gasteiger charge is -2.43. The van der Waals surface area contributed by atoms with Gasteiger partial charge in [0.2, 0.25) is 5.91 Å². The molecule has 0 aromatic carbocycles. The molecule has 0 radical (unpaired) electrons. The van der Waals surface area contributed by atoms with Gasteiger partial charge >= 0.3 is 0 Å². The maximum atomic E-state index is 12.3. The minimum absolute atomic E-state index is 0.0121. The zero-order chi connectivity index (χ0) is 19.3. The third-order valence-electron chi connectivity index (χ3n) is 6.27. The molecule has 2 aliphatic heterocycles. The normalized spacial score (nSPS) is 21.8. The average molecular weight is 406 g/mol. The van der Waals surface area contributed by atoms with Crippen LogP contribution >= 0.6 is 11.3 Å². The molecule has 154 valence electrons. The Labute approximate surface area is 171 Å². The number of carbonyl (C=O) groups excluding carboxylic acids is 2. The van der Waals surface area contributed by atoms with Crippen molar-refractivity contribution in [2.45, 2.75) is 50.6 Å². The first kappa shape index (κ1) is 19.9. The number of likely N-dealkylation sites (tertiary alicyclic amines) is 1. The van der Waals surface area contributed by atoms with E-state index in [0.717, 1.165) is 76.9 Å². The number of rotatable bonds is 7. The summed E-state index contributed by atoms with van der Waals surface area (Å²) in [6.07, 6.45) is 6.34. The number of carbonyl (C=O) groups is 2. The van der Waals surface area contributed by atoms with E-state index in [1.54, 1.807) is 11.3 Å². The summed E-state index contributed by atoms with van der Waals surface area (Å²) in [5.74, 6) is 0.701. The molecule has 2 saturated heterocycles. The lowest BCUT2D eigenvalue weighted by atomic mass is 9.97. The van der Waals surface area contributed by atoms with Crippen LogP contribution in [0.5, 0.6) is 0 Å². The molecule has 0 spiro atoms. The number of nitrogens with zero attached hydrogens (tertiary/aromatic N) is 2. The van der Waals surface area contributed by atoms with Gasteiger partial charge in [0.15, 0.2) is 0 Å². The Morgan fingerprint density at radius 1 is 1.11 bits per heavy atom. The highest BCUT2D eigenvalue weighted by Gasteiger charge is 2.37. The minimum Gasteiger partial charge on any atom is -0.381 e. The number of piperidine rings is 1. The third-order valence-corrected chi connectivity index (χ3v) is 6.95. The maximum absolute atomic E-state index is 12.3. The van der Waals surface area contributed by atoms with Gasteiger partial charge in [-0.3, -0.25) is 14.5 Å². The third kappa shape index (κ3) is 4.93. The molecule has 7 heteroatoms. The second kappa shape index (κ2) is 9.37. The van der Waals surface area contributed by atoms with Crippen LogP contribution in [-0.2, 0) is 9.53 Å². The van der Waals surface area contributed by atoms with Crippen LogP contribution in [0.3, 0.4) is 0 Å². The van der Waals surface area contributed by atoms with Gasteiger partial charge in [-0.05, 0) is 50.0 Å². The highest BCUT2D eigenvalue weighted by molar-refractivity contribution is 7.08. The number of hydrogen-bond acceptors (Lipinski definition) is 5. The van der Waals surface area contributed by atoms with E-state index in [-0.39, 0.29) is 5.91 Å². The summed E-state index contributed by atoms with van der Waals surface area (Å²) in [5, 5.41) is 6.89. The van der Waals surface area contributed by atoms with Gasteiger partial charge in [0.05, 0.1) is 0 Å². The minimum atomic E-state index is 0.0121. The molecule has 1 N–H and O–H groups in total. The van der Waals surface area contributed by atoms with Gasteiger partial charge in [-0.2, -0.15) is 11.3 Å². The highest BCUT2D eigenvalue weighted by Crippen LogP contribution is 2.32. The summed E-state index contributed by atoms with van der Waals surface area (Å²) in [5.41, 5.74) is 0.745. The van der Waals surface area contributed by atoms with Crippen molar-refractivity contribution >= 4 is 23.2 Å². The van der Waals surface area contributed by atoms with E-state index >= 15 is 0 Å². The molecule has 0 atom stereocenters. The molecule has 3 aliphatic rings.